The summed E-state index contributed by atoms with van der Waals surface area (Å²) in [5, 5.41) is 0.635. The van der Waals surface area contributed by atoms with Crippen LogP contribution in [0.1, 0.15) is 23.3 Å². The number of carbonyl (C=O) groups is 1. The van der Waals surface area contributed by atoms with E-state index in [1.807, 2.05) is 17.0 Å². The zero-order valence-corrected chi connectivity index (χ0v) is 15.1. The van der Waals surface area contributed by atoms with Crippen molar-refractivity contribution in [3.8, 4) is 0 Å². The molecule has 0 radical (unpaired) electrons. The van der Waals surface area contributed by atoms with Gasteiger partial charge in [0, 0.05) is 38.2 Å². The van der Waals surface area contributed by atoms with Crippen LogP contribution in [0.2, 0.25) is 5.02 Å². The molecule has 26 heavy (non-hydrogen) atoms. The molecule has 2 aliphatic heterocycles. The van der Waals surface area contributed by atoms with Gasteiger partial charge >= 0.3 is 0 Å². The number of nitrogens with zero attached hydrogens (tertiary/aromatic N) is 5. The minimum Gasteiger partial charge on any atom is -0.371 e. The molecule has 2 aliphatic rings. The lowest BCUT2D eigenvalue weighted by atomic mass is 9.89. The molecule has 2 fully saturated rings. The van der Waals surface area contributed by atoms with Crippen LogP contribution in [-0.2, 0) is 4.74 Å². The predicted molar refractivity (Wildman–Crippen MR) is 97.3 cm³/mol. The summed E-state index contributed by atoms with van der Waals surface area (Å²) in [5.74, 6) is 0.843. The number of amides is 1. The molecule has 8 heteroatoms. The second kappa shape index (κ2) is 7.17. The number of ether oxygens (including phenoxy) is 1. The number of rotatable bonds is 2. The molecular formula is C18H20ClN5O2. The number of pyridine rings is 1. The SMILES string of the molecule is O=C(c1cnccn1)N1CCOC2(CCN(c3ccc(Cl)cn3)CC2)C1. The normalized spacial score (nSPS) is 19.6. The maximum Gasteiger partial charge on any atom is 0.274 e. The average molecular weight is 374 g/mol. The number of anilines is 1. The summed E-state index contributed by atoms with van der Waals surface area (Å²) in [7, 11) is 0. The Hall–Kier alpha value is -2.25. The van der Waals surface area contributed by atoms with Gasteiger partial charge < -0.3 is 14.5 Å². The van der Waals surface area contributed by atoms with Gasteiger partial charge in [-0.2, -0.15) is 0 Å². The molecule has 0 N–H and O–H groups in total. The van der Waals surface area contributed by atoms with E-state index in [0.717, 1.165) is 31.7 Å². The summed E-state index contributed by atoms with van der Waals surface area (Å²) < 4.78 is 6.13. The molecule has 7 nitrogen and oxygen atoms in total. The van der Waals surface area contributed by atoms with Crippen molar-refractivity contribution >= 4 is 23.3 Å². The zero-order valence-electron chi connectivity index (χ0n) is 14.3. The fourth-order valence-electron chi connectivity index (χ4n) is 3.59. The van der Waals surface area contributed by atoms with Gasteiger partial charge in [0.25, 0.3) is 5.91 Å². The summed E-state index contributed by atoms with van der Waals surface area (Å²) >= 11 is 5.92. The maximum absolute atomic E-state index is 12.7. The van der Waals surface area contributed by atoms with Gasteiger partial charge in [-0.15, -0.1) is 0 Å². The third-order valence-electron chi connectivity index (χ3n) is 5.03. The van der Waals surface area contributed by atoms with Gasteiger partial charge in [0.15, 0.2) is 0 Å². The molecular weight excluding hydrogens is 354 g/mol. The first kappa shape index (κ1) is 17.2. The molecule has 0 saturated carbocycles. The van der Waals surface area contributed by atoms with Gasteiger partial charge in [0.1, 0.15) is 11.5 Å². The van der Waals surface area contributed by atoms with E-state index in [1.54, 1.807) is 18.6 Å². The van der Waals surface area contributed by atoms with Crippen LogP contribution in [0.4, 0.5) is 5.82 Å². The Labute approximate surface area is 157 Å². The van der Waals surface area contributed by atoms with E-state index >= 15 is 0 Å². The van der Waals surface area contributed by atoms with Crippen LogP contribution in [0.5, 0.6) is 0 Å². The first-order valence-corrected chi connectivity index (χ1v) is 9.09. The number of morpholine rings is 1. The summed E-state index contributed by atoms with van der Waals surface area (Å²) in [5.41, 5.74) is 0.0892. The van der Waals surface area contributed by atoms with E-state index < -0.39 is 0 Å². The summed E-state index contributed by atoms with van der Waals surface area (Å²) in [6, 6.07) is 3.79. The Bertz CT molecular complexity index is 763. The fraction of sp³-hybridized carbons (Fsp3) is 0.444. The first-order valence-electron chi connectivity index (χ1n) is 8.71. The highest BCUT2D eigenvalue weighted by molar-refractivity contribution is 6.30. The van der Waals surface area contributed by atoms with Crippen molar-refractivity contribution < 1.29 is 9.53 Å². The summed E-state index contributed by atoms with van der Waals surface area (Å²) in [6.07, 6.45) is 7.99. The topological polar surface area (TPSA) is 71.5 Å². The molecule has 2 aromatic rings. The van der Waals surface area contributed by atoms with Crippen LogP contribution in [0.3, 0.4) is 0 Å². The lowest BCUT2D eigenvalue weighted by molar-refractivity contribution is -0.111. The number of halogens is 1. The second-order valence-corrected chi connectivity index (χ2v) is 7.11. The standard InChI is InChI=1S/C18H20ClN5O2/c19-14-1-2-16(22-11-14)23-7-3-18(4-8-23)13-24(9-10-26-18)17(25)15-12-20-5-6-21-15/h1-2,5-6,11-12H,3-4,7-10,13H2. The highest BCUT2D eigenvalue weighted by atomic mass is 35.5. The number of hydrogen-bond acceptors (Lipinski definition) is 6. The number of carbonyl (C=O) groups excluding carboxylic acids is 1. The van der Waals surface area contributed by atoms with Crippen molar-refractivity contribution in [2.75, 3.05) is 37.7 Å². The van der Waals surface area contributed by atoms with Gasteiger partial charge in [-0.05, 0) is 25.0 Å². The monoisotopic (exact) mass is 373 g/mol. The predicted octanol–water partition coefficient (Wildman–Crippen LogP) is 2.04. The molecule has 4 heterocycles. The largest absolute Gasteiger partial charge is 0.371 e. The van der Waals surface area contributed by atoms with E-state index in [4.69, 9.17) is 16.3 Å². The molecule has 2 aromatic heterocycles. The lowest BCUT2D eigenvalue weighted by Crippen LogP contribution is -2.58. The number of piperidine rings is 1. The maximum atomic E-state index is 12.7. The van der Waals surface area contributed by atoms with E-state index in [0.29, 0.717) is 30.4 Å². The summed E-state index contributed by atoms with van der Waals surface area (Å²) in [4.78, 5) is 29.3. The third kappa shape index (κ3) is 3.50. The van der Waals surface area contributed by atoms with Crippen LogP contribution in [0, 0.1) is 0 Å². The molecule has 1 spiro atoms. The molecule has 0 aliphatic carbocycles. The quantitative estimate of drug-likeness (QED) is 0.802. The molecule has 0 unspecified atom stereocenters. The number of hydrogen-bond donors (Lipinski definition) is 0. The van der Waals surface area contributed by atoms with Crippen LogP contribution in [0.25, 0.3) is 0 Å². The van der Waals surface area contributed by atoms with Crippen molar-refractivity contribution in [1.29, 1.82) is 0 Å². The van der Waals surface area contributed by atoms with Crippen LogP contribution < -0.4 is 4.90 Å². The second-order valence-electron chi connectivity index (χ2n) is 6.67. The van der Waals surface area contributed by atoms with Crippen LogP contribution in [0.15, 0.2) is 36.9 Å². The number of aromatic nitrogens is 3. The van der Waals surface area contributed by atoms with E-state index in [1.165, 1.54) is 6.20 Å². The van der Waals surface area contributed by atoms with Gasteiger partial charge in [-0.25, -0.2) is 9.97 Å². The molecule has 1 amide bonds. The van der Waals surface area contributed by atoms with Crippen LogP contribution in [-0.4, -0.2) is 64.1 Å². The van der Waals surface area contributed by atoms with Crippen molar-refractivity contribution in [2.24, 2.45) is 0 Å². The Kier molecular flexibility index (Phi) is 4.74. The molecule has 0 aromatic carbocycles. The Morgan fingerprint density at radius 3 is 2.65 bits per heavy atom. The summed E-state index contributed by atoms with van der Waals surface area (Å²) in [6.45, 7) is 3.39. The smallest absolute Gasteiger partial charge is 0.274 e. The molecule has 4 rings (SSSR count). The van der Waals surface area contributed by atoms with Crippen molar-refractivity contribution in [2.45, 2.75) is 18.4 Å². The van der Waals surface area contributed by atoms with Gasteiger partial charge in [-0.1, -0.05) is 11.6 Å². The van der Waals surface area contributed by atoms with Gasteiger partial charge in [0.2, 0.25) is 0 Å². The molecule has 2 saturated heterocycles. The van der Waals surface area contributed by atoms with Crippen LogP contribution >= 0.6 is 11.6 Å². The Morgan fingerprint density at radius 1 is 1.12 bits per heavy atom. The minimum absolute atomic E-state index is 0.0810. The highest BCUT2D eigenvalue weighted by Gasteiger charge is 2.41. The van der Waals surface area contributed by atoms with E-state index in [2.05, 4.69) is 19.9 Å². The first-order chi connectivity index (χ1) is 12.7. The van der Waals surface area contributed by atoms with Crippen molar-refractivity contribution in [1.82, 2.24) is 19.9 Å². The molecule has 136 valence electrons. The van der Waals surface area contributed by atoms with Crippen molar-refractivity contribution in [3.05, 3.63) is 47.6 Å². The lowest BCUT2D eigenvalue weighted by Gasteiger charge is -2.47. The zero-order chi connectivity index (χ0) is 18.0. The Morgan fingerprint density at radius 2 is 1.96 bits per heavy atom. The van der Waals surface area contributed by atoms with E-state index in [9.17, 15) is 4.79 Å². The third-order valence-corrected chi connectivity index (χ3v) is 5.25. The van der Waals surface area contributed by atoms with Crippen molar-refractivity contribution in [3.63, 3.8) is 0 Å². The fourth-order valence-corrected chi connectivity index (χ4v) is 3.70. The molecule has 0 bridgehead atoms. The van der Waals surface area contributed by atoms with Gasteiger partial charge in [-0.3, -0.25) is 9.78 Å². The molecule has 0 atom stereocenters. The highest BCUT2D eigenvalue weighted by Crippen LogP contribution is 2.32. The van der Waals surface area contributed by atoms with E-state index in [-0.39, 0.29) is 11.5 Å². The average Bonchev–Trinajstić information content (AvgIpc) is 2.70. The minimum atomic E-state index is -0.293. The van der Waals surface area contributed by atoms with Gasteiger partial charge in [0.05, 0.1) is 30.0 Å². The Balaban J connectivity index is 1.42.